The minimum absolute atomic E-state index is 0.0232. The van der Waals surface area contributed by atoms with E-state index in [2.05, 4.69) is 5.32 Å². The topological polar surface area (TPSA) is 111 Å². The highest BCUT2D eigenvalue weighted by Crippen LogP contribution is 2.49. The van der Waals surface area contributed by atoms with E-state index in [9.17, 15) is 23.1 Å². The summed E-state index contributed by atoms with van der Waals surface area (Å²) in [6.07, 6.45) is -3.34. The van der Waals surface area contributed by atoms with Gasteiger partial charge < -0.3 is 30.7 Å². The molecule has 1 aliphatic heterocycles. The molecule has 5 N–H and O–H groups in total. The number of allylic oxidation sites excluding steroid dienone is 1. The SMILES string of the molecule is O=C1Nc2cc(OCCO)c(Cl)cc2[C@@](/C=C/C2CC2C(O)CO)(C(F)(F)F)N1. The van der Waals surface area contributed by atoms with Crippen molar-refractivity contribution in [1.82, 2.24) is 5.32 Å². The number of hydrogen-bond acceptors (Lipinski definition) is 5. The molecule has 160 valence electrons. The number of alkyl halides is 3. The van der Waals surface area contributed by atoms with Crippen LogP contribution in [-0.4, -0.2) is 53.5 Å². The Morgan fingerprint density at radius 2 is 2.10 bits per heavy atom. The molecule has 11 heteroatoms. The maximum atomic E-state index is 14.2. The third-order valence-electron chi connectivity index (χ3n) is 5.02. The van der Waals surface area contributed by atoms with E-state index in [1.807, 2.05) is 5.32 Å². The number of carbonyl (C=O) groups excluding carboxylic acids is 1. The summed E-state index contributed by atoms with van der Waals surface area (Å²) in [4.78, 5) is 12.0. The van der Waals surface area contributed by atoms with Crippen molar-refractivity contribution in [2.24, 2.45) is 11.8 Å². The number of aliphatic hydroxyl groups is 3. The lowest BCUT2D eigenvalue weighted by atomic mass is 9.85. The molecular formula is C18H20ClF3N2O5. The molecular weight excluding hydrogens is 417 g/mol. The smallest absolute Gasteiger partial charge is 0.419 e. The molecule has 0 spiro atoms. The maximum Gasteiger partial charge on any atom is 0.419 e. The van der Waals surface area contributed by atoms with Gasteiger partial charge in [-0.1, -0.05) is 17.7 Å². The van der Waals surface area contributed by atoms with Crippen molar-refractivity contribution in [3.05, 3.63) is 34.9 Å². The number of amides is 2. The van der Waals surface area contributed by atoms with Crippen molar-refractivity contribution in [2.75, 3.05) is 25.1 Å². The number of fused-ring (bicyclic) bond motifs is 1. The molecule has 0 saturated heterocycles. The second-order valence-corrected chi connectivity index (χ2v) is 7.36. The zero-order chi connectivity index (χ0) is 21.4. The van der Waals surface area contributed by atoms with Crippen molar-refractivity contribution < 1.29 is 38.0 Å². The lowest BCUT2D eigenvalue weighted by molar-refractivity contribution is -0.181. The predicted octanol–water partition coefficient (Wildman–Crippen LogP) is 2.15. The van der Waals surface area contributed by atoms with Crippen molar-refractivity contribution in [1.29, 1.82) is 0 Å². The van der Waals surface area contributed by atoms with Gasteiger partial charge in [0, 0.05) is 11.6 Å². The molecule has 29 heavy (non-hydrogen) atoms. The number of hydrogen-bond donors (Lipinski definition) is 5. The molecule has 1 saturated carbocycles. The summed E-state index contributed by atoms with van der Waals surface area (Å²) in [5, 5.41) is 31.6. The Morgan fingerprint density at radius 3 is 2.72 bits per heavy atom. The number of aliphatic hydroxyl groups excluding tert-OH is 3. The van der Waals surface area contributed by atoms with Gasteiger partial charge in [-0.05, 0) is 30.4 Å². The van der Waals surface area contributed by atoms with Crippen LogP contribution in [0.2, 0.25) is 5.02 Å². The largest absolute Gasteiger partial charge is 0.490 e. The molecule has 3 rings (SSSR count). The molecule has 0 aromatic heterocycles. The van der Waals surface area contributed by atoms with Gasteiger partial charge in [0.1, 0.15) is 12.4 Å². The van der Waals surface area contributed by atoms with Gasteiger partial charge in [0.05, 0.1) is 30.0 Å². The molecule has 1 fully saturated rings. The third-order valence-corrected chi connectivity index (χ3v) is 5.31. The van der Waals surface area contributed by atoms with Crippen LogP contribution < -0.4 is 15.4 Å². The van der Waals surface area contributed by atoms with Crippen LogP contribution in [0.4, 0.5) is 23.7 Å². The van der Waals surface area contributed by atoms with Crippen molar-refractivity contribution >= 4 is 23.3 Å². The molecule has 0 bridgehead atoms. The summed E-state index contributed by atoms with van der Waals surface area (Å²) < 4.78 is 47.8. The summed E-state index contributed by atoms with van der Waals surface area (Å²) in [6.45, 7) is -0.917. The third kappa shape index (κ3) is 4.16. The fraction of sp³-hybridized carbons (Fsp3) is 0.500. The lowest BCUT2D eigenvalue weighted by Crippen LogP contribution is -2.59. The van der Waals surface area contributed by atoms with E-state index in [0.29, 0.717) is 6.42 Å². The van der Waals surface area contributed by atoms with E-state index in [-0.39, 0.29) is 47.1 Å². The van der Waals surface area contributed by atoms with Gasteiger partial charge in [-0.3, -0.25) is 0 Å². The highest BCUT2D eigenvalue weighted by molar-refractivity contribution is 6.32. The zero-order valence-corrected chi connectivity index (χ0v) is 15.8. The second kappa shape index (κ2) is 8.02. The summed E-state index contributed by atoms with van der Waals surface area (Å²) >= 11 is 6.07. The van der Waals surface area contributed by atoms with Gasteiger partial charge in [0.15, 0.2) is 5.54 Å². The number of ether oxygens (including phenoxy) is 1. The van der Waals surface area contributed by atoms with Gasteiger partial charge in [0.2, 0.25) is 0 Å². The van der Waals surface area contributed by atoms with Crippen LogP contribution in [0, 0.1) is 11.8 Å². The maximum absolute atomic E-state index is 14.2. The Labute approximate surface area is 169 Å². The molecule has 1 aromatic carbocycles. The number of anilines is 1. The average molecular weight is 437 g/mol. The lowest BCUT2D eigenvalue weighted by Gasteiger charge is -2.39. The van der Waals surface area contributed by atoms with Crippen LogP contribution in [0.5, 0.6) is 5.75 Å². The highest BCUT2D eigenvalue weighted by Gasteiger charge is 2.58. The highest BCUT2D eigenvalue weighted by atomic mass is 35.5. The van der Waals surface area contributed by atoms with Crippen LogP contribution >= 0.6 is 11.6 Å². The first-order chi connectivity index (χ1) is 13.6. The fourth-order valence-electron chi connectivity index (χ4n) is 3.40. The minimum Gasteiger partial charge on any atom is -0.490 e. The van der Waals surface area contributed by atoms with E-state index in [1.54, 1.807) is 0 Å². The number of nitrogens with one attached hydrogen (secondary N) is 2. The molecule has 1 aliphatic carbocycles. The Bertz CT molecular complexity index is 819. The molecule has 0 radical (unpaired) electrons. The number of halogens is 4. The van der Waals surface area contributed by atoms with E-state index < -0.39 is 30.5 Å². The molecule has 7 nitrogen and oxygen atoms in total. The Morgan fingerprint density at radius 1 is 1.38 bits per heavy atom. The van der Waals surface area contributed by atoms with Crippen LogP contribution in [0.15, 0.2) is 24.3 Å². The minimum atomic E-state index is -4.90. The standard InChI is InChI=1S/C18H20ClF3N2O5/c19-12-6-11-13(7-15(12)29-4-3-25)23-16(28)24-17(11,18(20,21)22)2-1-9-5-10(9)14(27)8-26/h1-2,6-7,9-10,14,25-27H,3-5,8H2,(H2,23,24,28)/b2-1+/t9?,10?,14?,17-/m0/s1. The molecule has 1 heterocycles. The molecule has 4 atom stereocenters. The Balaban J connectivity index is 2.02. The molecule has 1 aromatic rings. The normalized spacial score (nSPS) is 27.2. The van der Waals surface area contributed by atoms with Gasteiger partial charge in [-0.15, -0.1) is 0 Å². The van der Waals surface area contributed by atoms with Crippen molar-refractivity contribution in [3.63, 3.8) is 0 Å². The van der Waals surface area contributed by atoms with Gasteiger partial charge >= 0.3 is 12.2 Å². The van der Waals surface area contributed by atoms with Crippen LogP contribution in [0.1, 0.15) is 12.0 Å². The second-order valence-electron chi connectivity index (χ2n) is 6.96. The first-order valence-corrected chi connectivity index (χ1v) is 9.22. The zero-order valence-electron chi connectivity index (χ0n) is 15.0. The first kappa shape index (κ1) is 21.7. The predicted molar refractivity (Wildman–Crippen MR) is 97.7 cm³/mol. The molecule has 3 unspecified atom stereocenters. The van der Waals surface area contributed by atoms with Crippen molar-refractivity contribution in [3.8, 4) is 5.75 Å². The first-order valence-electron chi connectivity index (χ1n) is 8.84. The summed E-state index contributed by atoms with van der Waals surface area (Å²) in [5.41, 5.74) is -3.28. The van der Waals surface area contributed by atoms with E-state index in [1.165, 1.54) is 12.1 Å². The fourth-order valence-corrected chi connectivity index (χ4v) is 3.62. The summed E-state index contributed by atoms with van der Waals surface area (Å²) in [7, 11) is 0. The van der Waals surface area contributed by atoms with E-state index in [4.69, 9.17) is 26.6 Å². The van der Waals surface area contributed by atoms with Gasteiger partial charge in [-0.25, -0.2) is 4.79 Å². The summed E-state index contributed by atoms with van der Waals surface area (Å²) in [5.74, 6) is -0.666. The molecule has 2 amide bonds. The van der Waals surface area contributed by atoms with Gasteiger partial charge in [-0.2, -0.15) is 13.2 Å². The van der Waals surface area contributed by atoms with E-state index >= 15 is 0 Å². The Hall–Kier alpha value is -2.01. The van der Waals surface area contributed by atoms with Crippen LogP contribution in [-0.2, 0) is 5.54 Å². The molecule has 2 aliphatic rings. The quantitative estimate of drug-likeness (QED) is 0.421. The van der Waals surface area contributed by atoms with Crippen LogP contribution in [0.3, 0.4) is 0 Å². The number of urea groups is 1. The van der Waals surface area contributed by atoms with Gasteiger partial charge in [0.25, 0.3) is 0 Å². The monoisotopic (exact) mass is 436 g/mol. The Kier molecular flexibility index (Phi) is 6.00. The number of benzene rings is 1. The number of rotatable bonds is 7. The number of carbonyl (C=O) groups is 1. The van der Waals surface area contributed by atoms with E-state index in [0.717, 1.165) is 12.1 Å². The van der Waals surface area contributed by atoms with Crippen molar-refractivity contribution in [2.45, 2.75) is 24.2 Å². The average Bonchev–Trinajstić information content (AvgIpc) is 3.43. The summed E-state index contributed by atoms with van der Waals surface area (Å²) in [6, 6.07) is 1.18. The van der Waals surface area contributed by atoms with Crippen LogP contribution in [0.25, 0.3) is 0 Å².